The van der Waals surface area contributed by atoms with Gasteiger partial charge in [0.2, 0.25) is 5.91 Å². The summed E-state index contributed by atoms with van der Waals surface area (Å²) in [7, 11) is 0. The fourth-order valence-corrected chi connectivity index (χ4v) is 1.73. The van der Waals surface area contributed by atoms with Gasteiger partial charge in [-0.05, 0) is 30.7 Å². The SMILES string of the molecule is O=C1CCCN1c1c[c]c(Br)cc1. The molecule has 0 unspecified atom stereocenters. The van der Waals surface area contributed by atoms with Gasteiger partial charge < -0.3 is 4.90 Å². The van der Waals surface area contributed by atoms with Crippen LogP contribution in [-0.4, -0.2) is 12.5 Å². The number of rotatable bonds is 1. The number of hydrogen-bond donors (Lipinski definition) is 0. The van der Waals surface area contributed by atoms with Crippen LogP contribution in [0.2, 0.25) is 0 Å². The number of amides is 1. The van der Waals surface area contributed by atoms with Crippen molar-refractivity contribution in [3.63, 3.8) is 0 Å². The molecule has 1 heterocycles. The first-order chi connectivity index (χ1) is 6.27. The minimum Gasteiger partial charge on any atom is -0.312 e. The highest BCUT2D eigenvalue weighted by Crippen LogP contribution is 2.22. The molecule has 2 nitrogen and oxygen atoms in total. The number of carbonyl (C=O) groups is 1. The number of nitrogens with zero attached hydrogens (tertiary/aromatic N) is 1. The molecule has 3 heteroatoms. The highest BCUT2D eigenvalue weighted by atomic mass is 79.9. The molecule has 1 fully saturated rings. The van der Waals surface area contributed by atoms with Crippen LogP contribution < -0.4 is 4.90 Å². The Morgan fingerprint density at radius 2 is 2.31 bits per heavy atom. The lowest BCUT2D eigenvalue weighted by Gasteiger charge is -2.14. The Bertz CT molecular complexity index is 320. The molecule has 2 rings (SSSR count). The first kappa shape index (κ1) is 8.75. The van der Waals surface area contributed by atoms with Gasteiger partial charge >= 0.3 is 0 Å². The zero-order valence-corrected chi connectivity index (χ0v) is 8.67. The molecule has 1 radical (unpaired) electrons. The third-order valence-corrected chi connectivity index (χ3v) is 2.64. The van der Waals surface area contributed by atoms with Crippen molar-refractivity contribution in [3.8, 4) is 0 Å². The monoisotopic (exact) mass is 238 g/mol. The van der Waals surface area contributed by atoms with Crippen molar-refractivity contribution >= 4 is 27.5 Å². The number of anilines is 1. The standard InChI is InChI=1S/C10H9BrNO/c11-8-3-5-9(6-4-8)12-7-1-2-10(12)13/h3,5-6H,1-2,7H2. The van der Waals surface area contributed by atoms with Gasteiger partial charge in [-0.25, -0.2) is 0 Å². The molecule has 0 bridgehead atoms. The quantitative estimate of drug-likeness (QED) is 0.736. The highest BCUT2D eigenvalue weighted by molar-refractivity contribution is 9.10. The van der Waals surface area contributed by atoms with E-state index in [1.807, 2.05) is 23.1 Å². The molecule has 0 saturated carbocycles. The Morgan fingerprint density at radius 3 is 2.85 bits per heavy atom. The molecule has 0 N–H and O–H groups in total. The van der Waals surface area contributed by atoms with Crippen molar-refractivity contribution in [1.29, 1.82) is 0 Å². The summed E-state index contributed by atoms with van der Waals surface area (Å²) in [6.45, 7) is 0.842. The first-order valence-corrected chi connectivity index (χ1v) is 5.04. The minimum atomic E-state index is 0.218. The van der Waals surface area contributed by atoms with Crippen molar-refractivity contribution in [2.45, 2.75) is 12.8 Å². The van der Waals surface area contributed by atoms with Crippen molar-refractivity contribution in [3.05, 3.63) is 28.7 Å². The van der Waals surface area contributed by atoms with E-state index >= 15 is 0 Å². The van der Waals surface area contributed by atoms with Crippen molar-refractivity contribution in [2.75, 3.05) is 11.4 Å². The van der Waals surface area contributed by atoms with E-state index in [4.69, 9.17) is 0 Å². The van der Waals surface area contributed by atoms with Crippen LogP contribution in [0.15, 0.2) is 22.7 Å². The second-order valence-electron chi connectivity index (χ2n) is 3.04. The smallest absolute Gasteiger partial charge is 0.227 e. The van der Waals surface area contributed by atoms with Gasteiger partial charge in [-0.2, -0.15) is 0 Å². The molecule has 1 aliphatic rings. The Morgan fingerprint density at radius 1 is 1.46 bits per heavy atom. The summed E-state index contributed by atoms with van der Waals surface area (Å²) >= 11 is 3.31. The van der Waals surface area contributed by atoms with Crippen LogP contribution in [0.4, 0.5) is 5.69 Å². The van der Waals surface area contributed by atoms with Crippen LogP contribution in [-0.2, 0) is 4.79 Å². The summed E-state index contributed by atoms with van der Waals surface area (Å²) in [5.74, 6) is 0.218. The molecule has 1 amide bonds. The second-order valence-corrected chi connectivity index (χ2v) is 3.90. The van der Waals surface area contributed by atoms with Gasteiger partial charge in [0.05, 0.1) is 0 Å². The van der Waals surface area contributed by atoms with E-state index < -0.39 is 0 Å². The fourth-order valence-electron chi connectivity index (χ4n) is 1.49. The van der Waals surface area contributed by atoms with Crippen LogP contribution in [0.3, 0.4) is 0 Å². The predicted octanol–water partition coefficient (Wildman–Crippen LogP) is 2.38. The maximum absolute atomic E-state index is 11.4. The predicted molar refractivity (Wildman–Crippen MR) is 54.6 cm³/mol. The first-order valence-electron chi connectivity index (χ1n) is 4.25. The van der Waals surface area contributed by atoms with Crippen LogP contribution in [0.25, 0.3) is 0 Å². The van der Waals surface area contributed by atoms with Crippen molar-refractivity contribution < 1.29 is 4.79 Å². The van der Waals surface area contributed by atoms with E-state index in [2.05, 4.69) is 22.0 Å². The normalized spacial score (nSPS) is 16.7. The number of carbonyl (C=O) groups excluding carboxylic acids is 1. The topological polar surface area (TPSA) is 20.3 Å². The van der Waals surface area contributed by atoms with Gasteiger partial charge in [0, 0.05) is 23.1 Å². The molecule has 0 aliphatic carbocycles. The zero-order valence-electron chi connectivity index (χ0n) is 7.09. The summed E-state index contributed by atoms with van der Waals surface area (Å²) in [4.78, 5) is 13.2. The summed E-state index contributed by atoms with van der Waals surface area (Å²) in [5.41, 5.74) is 0.950. The molecule has 1 aromatic carbocycles. The van der Waals surface area contributed by atoms with Gasteiger partial charge in [-0.15, -0.1) is 0 Å². The lowest BCUT2D eigenvalue weighted by atomic mass is 10.3. The number of benzene rings is 1. The summed E-state index contributed by atoms with van der Waals surface area (Å²) in [5, 5.41) is 0. The van der Waals surface area contributed by atoms with Crippen LogP contribution in [0.5, 0.6) is 0 Å². The van der Waals surface area contributed by atoms with Gasteiger partial charge in [0.1, 0.15) is 0 Å². The molecule has 0 aromatic heterocycles. The number of halogens is 1. The van der Waals surface area contributed by atoms with Crippen LogP contribution >= 0.6 is 15.9 Å². The van der Waals surface area contributed by atoms with Crippen LogP contribution in [0.1, 0.15) is 12.8 Å². The van der Waals surface area contributed by atoms with E-state index in [0.29, 0.717) is 6.42 Å². The van der Waals surface area contributed by atoms with Gasteiger partial charge in [-0.3, -0.25) is 4.79 Å². The average molecular weight is 239 g/mol. The Kier molecular flexibility index (Phi) is 2.36. The third-order valence-electron chi connectivity index (χ3n) is 2.14. The molecular formula is C10H9BrNO. The average Bonchev–Trinajstić information content (AvgIpc) is 2.53. The lowest BCUT2D eigenvalue weighted by Crippen LogP contribution is -2.23. The summed E-state index contributed by atoms with van der Waals surface area (Å²) in [6, 6.07) is 8.70. The maximum Gasteiger partial charge on any atom is 0.227 e. The molecule has 67 valence electrons. The zero-order chi connectivity index (χ0) is 9.26. The van der Waals surface area contributed by atoms with Gasteiger partial charge in [0.15, 0.2) is 0 Å². The van der Waals surface area contributed by atoms with E-state index in [9.17, 15) is 4.79 Å². The van der Waals surface area contributed by atoms with Gasteiger partial charge in [-0.1, -0.05) is 15.9 Å². The molecule has 1 aromatic rings. The lowest BCUT2D eigenvalue weighted by molar-refractivity contribution is -0.117. The van der Waals surface area contributed by atoms with E-state index in [-0.39, 0.29) is 5.91 Å². The molecule has 1 saturated heterocycles. The van der Waals surface area contributed by atoms with Gasteiger partial charge in [0.25, 0.3) is 0 Å². The van der Waals surface area contributed by atoms with Crippen LogP contribution in [0, 0.1) is 6.07 Å². The van der Waals surface area contributed by atoms with Crippen molar-refractivity contribution in [2.24, 2.45) is 0 Å². The largest absolute Gasteiger partial charge is 0.312 e. The number of hydrogen-bond acceptors (Lipinski definition) is 1. The summed E-state index contributed by atoms with van der Waals surface area (Å²) in [6.07, 6.45) is 1.64. The fraction of sp³-hybridized carbons (Fsp3) is 0.300. The molecule has 0 spiro atoms. The maximum atomic E-state index is 11.4. The third kappa shape index (κ3) is 1.75. The van der Waals surface area contributed by atoms with E-state index in [1.54, 1.807) is 0 Å². The highest BCUT2D eigenvalue weighted by Gasteiger charge is 2.21. The molecule has 1 aliphatic heterocycles. The van der Waals surface area contributed by atoms with Crippen molar-refractivity contribution in [1.82, 2.24) is 0 Å². The Labute approximate surface area is 85.7 Å². The molecule has 0 atom stereocenters. The molecular weight excluding hydrogens is 230 g/mol. The molecule has 13 heavy (non-hydrogen) atoms. The Hall–Kier alpha value is -0.830. The summed E-state index contributed by atoms with van der Waals surface area (Å²) < 4.78 is 0.919. The van der Waals surface area contributed by atoms with E-state index in [0.717, 1.165) is 23.1 Å². The second kappa shape index (κ2) is 3.50. The Balaban J connectivity index is 2.25. The minimum absolute atomic E-state index is 0.218. The van der Waals surface area contributed by atoms with E-state index in [1.165, 1.54) is 0 Å².